The molecule has 0 saturated heterocycles. The Kier molecular flexibility index (Phi) is 6.54. The molecule has 2 N–H and O–H groups in total. The Morgan fingerprint density at radius 2 is 1.72 bits per heavy atom. The predicted molar refractivity (Wildman–Crippen MR) is 98.0 cm³/mol. The van der Waals surface area contributed by atoms with Crippen LogP contribution in [0, 0.1) is 6.92 Å². The van der Waals surface area contributed by atoms with E-state index in [9.17, 15) is 9.59 Å². The minimum absolute atomic E-state index is 0.370. The molecule has 0 aliphatic heterocycles. The third-order valence-electron chi connectivity index (χ3n) is 3.29. The lowest BCUT2D eigenvalue weighted by Crippen LogP contribution is -2.40. The van der Waals surface area contributed by atoms with Crippen LogP contribution in [-0.2, 0) is 4.79 Å². The zero-order valence-electron chi connectivity index (χ0n) is 14.0. The number of hydrogen-bond acceptors (Lipinski definition) is 3. The number of benzene rings is 2. The smallest absolute Gasteiger partial charge is 0.269 e. The fourth-order valence-electron chi connectivity index (χ4n) is 1.94. The molecule has 5 nitrogen and oxygen atoms in total. The van der Waals surface area contributed by atoms with Gasteiger partial charge in [0.1, 0.15) is 12.4 Å². The second-order valence-electron chi connectivity index (χ2n) is 5.31. The molecule has 0 atom stereocenters. The summed E-state index contributed by atoms with van der Waals surface area (Å²) >= 11 is 0. The summed E-state index contributed by atoms with van der Waals surface area (Å²) in [5.74, 6) is -0.0650. The highest BCUT2D eigenvalue weighted by molar-refractivity contribution is 5.97. The van der Waals surface area contributed by atoms with Gasteiger partial charge in [0.25, 0.3) is 11.8 Å². The lowest BCUT2D eigenvalue weighted by Gasteiger charge is -2.05. The van der Waals surface area contributed by atoms with E-state index < -0.39 is 5.91 Å². The van der Waals surface area contributed by atoms with Gasteiger partial charge in [0.2, 0.25) is 0 Å². The van der Waals surface area contributed by atoms with E-state index in [0.717, 1.165) is 16.9 Å². The number of nitrogens with one attached hydrogen (secondary N) is 2. The van der Waals surface area contributed by atoms with Gasteiger partial charge in [-0.15, -0.1) is 0 Å². The van der Waals surface area contributed by atoms with E-state index in [2.05, 4.69) is 17.4 Å². The van der Waals surface area contributed by atoms with E-state index in [4.69, 9.17) is 4.74 Å². The van der Waals surface area contributed by atoms with Gasteiger partial charge in [-0.05, 0) is 42.8 Å². The number of carbonyl (C=O) groups is 2. The highest BCUT2D eigenvalue weighted by atomic mass is 16.5. The van der Waals surface area contributed by atoms with Crippen LogP contribution in [0.3, 0.4) is 0 Å². The Labute approximate surface area is 147 Å². The van der Waals surface area contributed by atoms with Crippen molar-refractivity contribution in [1.29, 1.82) is 0 Å². The molecule has 5 heteroatoms. The number of rotatable bonds is 6. The van der Waals surface area contributed by atoms with Crippen LogP contribution in [0.4, 0.5) is 0 Å². The molecule has 25 heavy (non-hydrogen) atoms. The van der Waals surface area contributed by atoms with E-state index in [-0.39, 0.29) is 5.91 Å². The Morgan fingerprint density at radius 3 is 2.36 bits per heavy atom. The molecule has 2 aromatic rings. The predicted octanol–water partition coefficient (Wildman–Crippen LogP) is 3.03. The number of carbonyl (C=O) groups excluding carboxylic acids is 2. The molecule has 0 saturated carbocycles. The van der Waals surface area contributed by atoms with Crippen molar-refractivity contribution in [3.63, 3.8) is 0 Å². The van der Waals surface area contributed by atoms with Gasteiger partial charge in [-0.3, -0.25) is 20.4 Å². The van der Waals surface area contributed by atoms with Crippen molar-refractivity contribution < 1.29 is 14.3 Å². The van der Waals surface area contributed by atoms with Crippen molar-refractivity contribution in [2.45, 2.75) is 6.92 Å². The average molecular weight is 336 g/mol. The quantitative estimate of drug-likeness (QED) is 0.484. The van der Waals surface area contributed by atoms with Crippen LogP contribution in [0.1, 0.15) is 21.5 Å². The van der Waals surface area contributed by atoms with E-state index in [0.29, 0.717) is 12.2 Å². The summed E-state index contributed by atoms with van der Waals surface area (Å²) < 4.78 is 5.38. The van der Waals surface area contributed by atoms with Gasteiger partial charge in [0.15, 0.2) is 0 Å². The van der Waals surface area contributed by atoms with Crippen molar-refractivity contribution >= 4 is 17.9 Å². The summed E-state index contributed by atoms with van der Waals surface area (Å²) in [5, 5.41) is 0. The van der Waals surface area contributed by atoms with Crippen molar-refractivity contribution in [3.8, 4) is 5.75 Å². The molecule has 0 spiro atoms. The summed E-state index contributed by atoms with van der Waals surface area (Å²) in [7, 11) is 0. The molecule has 128 valence electrons. The molecule has 0 aromatic heterocycles. The van der Waals surface area contributed by atoms with Gasteiger partial charge in [-0.1, -0.05) is 42.5 Å². The van der Waals surface area contributed by atoms with Crippen LogP contribution in [-0.4, -0.2) is 18.4 Å². The average Bonchev–Trinajstić information content (AvgIpc) is 2.64. The van der Waals surface area contributed by atoms with Crippen molar-refractivity contribution in [1.82, 2.24) is 10.9 Å². The second-order valence-corrected chi connectivity index (χ2v) is 5.31. The molecule has 2 rings (SSSR count). The number of ether oxygens (including phenoxy) is 1. The van der Waals surface area contributed by atoms with Gasteiger partial charge in [0, 0.05) is 11.6 Å². The van der Waals surface area contributed by atoms with Crippen LogP contribution in [0.25, 0.3) is 6.08 Å². The van der Waals surface area contributed by atoms with Crippen LogP contribution >= 0.6 is 0 Å². The number of hydrazine groups is 1. The Bertz CT molecular complexity index is 763. The highest BCUT2D eigenvalue weighted by Crippen LogP contribution is 2.13. The normalized spacial score (nSPS) is 10.3. The maximum atomic E-state index is 11.9. The topological polar surface area (TPSA) is 67.4 Å². The zero-order valence-corrected chi connectivity index (χ0v) is 14.0. The molecule has 0 heterocycles. The first-order chi connectivity index (χ1) is 12.1. The van der Waals surface area contributed by atoms with Crippen molar-refractivity contribution in [2.24, 2.45) is 0 Å². The summed E-state index contributed by atoms with van der Waals surface area (Å²) in [6, 6.07) is 14.3. The number of hydrogen-bond donors (Lipinski definition) is 2. The molecule has 2 amide bonds. The van der Waals surface area contributed by atoms with Crippen LogP contribution in [0.5, 0.6) is 5.75 Å². The Hall–Kier alpha value is -3.34. The summed E-state index contributed by atoms with van der Waals surface area (Å²) in [6.07, 6.45) is 4.66. The molecule has 0 aliphatic rings. The molecule has 0 bridgehead atoms. The first-order valence-electron chi connectivity index (χ1n) is 7.77. The molecule has 0 aliphatic carbocycles. The maximum Gasteiger partial charge on any atom is 0.269 e. The lowest BCUT2D eigenvalue weighted by molar-refractivity contribution is -0.117. The van der Waals surface area contributed by atoms with Crippen LogP contribution in [0.15, 0.2) is 67.3 Å². The minimum atomic E-state index is -0.424. The second kappa shape index (κ2) is 9.08. The lowest BCUT2D eigenvalue weighted by atomic mass is 10.1. The van der Waals surface area contributed by atoms with Gasteiger partial charge in [0.05, 0.1) is 0 Å². The first kappa shape index (κ1) is 18.0. The standard InChI is InChI=1S/C20H20N2O3/c1-3-14-25-18-11-6-16(7-12-18)8-13-19(23)21-22-20(24)17-9-4-15(2)5-10-17/h3-13H,1,14H2,2H3,(H,21,23)(H,22,24)/b13-8+. The summed E-state index contributed by atoms with van der Waals surface area (Å²) in [4.78, 5) is 23.7. The Morgan fingerprint density at radius 1 is 1.04 bits per heavy atom. The maximum absolute atomic E-state index is 11.9. The van der Waals surface area contributed by atoms with E-state index in [1.807, 2.05) is 31.2 Å². The highest BCUT2D eigenvalue weighted by Gasteiger charge is 2.05. The zero-order chi connectivity index (χ0) is 18.1. The first-order valence-corrected chi connectivity index (χ1v) is 7.77. The van der Waals surface area contributed by atoms with E-state index >= 15 is 0 Å². The fourth-order valence-corrected chi connectivity index (χ4v) is 1.94. The molecular formula is C20H20N2O3. The van der Waals surface area contributed by atoms with Gasteiger partial charge >= 0.3 is 0 Å². The molecule has 0 unspecified atom stereocenters. The Balaban J connectivity index is 1.82. The number of aryl methyl sites for hydroxylation is 1. The van der Waals surface area contributed by atoms with Gasteiger partial charge < -0.3 is 4.74 Å². The minimum Gasteiger partial charge on any atom is -0.490 e. The molecule has 2 aromatic carbocycles. The fraction of sp³-hybridized carbons (Fsp3) is 0.100. The van der Waals surface area contributed by atoms with Crippen LogP contribution in [0.2, 0.25) is 0 Å². The van der Waals surface area contributed by atoms with Gasteiger partial charge in [-0.25, -0.2) is 0 Å². The summed E-state index contributed by atoms with van der Waals surface area (Å²) in [5.41, 5.74) is 7.09. The SMILES string of the molecule is C=CCOc1ccc(/C=C/C(=O)NNC(=O)c2ccc(C)cc2)cc1. The van der Waals surface area contributed by atoms with Crippen molar-refractivity contribution in [2.75, 3.05) is 6.61 Å². The van der Waals surface area contributed by atoms with Crippen molar-refractivity contribution in [3.05, 3.63) is 84.0 Å². The largest absolute Gasteiger partial charge is 0.490 e. The molecule has 0 radical (unpaired) electrons. The molecule has 0 fully saturated rings. The van der Waals surface area contributed by atoms with Crippen LogP contribution < -0.4 is 15.6 Å². The van der Waals surface area contributed by atoms with E-state index in [1.165, 1.54) is 6.08 Å². The molecular weight excluding hydrogens is 316 g/mol. The van der Waals surface area contributed by atoms with E-state index in [1.54, 1.807) is 36.4 Å². The third-order valence-corrected chi connectivity index (χ3v) is 3.29. The summed E-state index contributed by atoms with van der Waals surface area (Å²) in [6.45, 7) is 5.96. The number of amides is 2. The monoisotopic (exact) mass is 336 g/mol. The van der Waals surface area contributed by atoms with Gasteiger partial charge in [-0.2, -0.15) is 0 Å². The third kappa shape index (κ3) is 5.99.